The molecule has 1 aromatic carbocycles. The van der Waals surface area contributed by atoms with E-state index in [1.165, 1.54) is 6.42 Å². The summed E-state index contributed by atoms with van der Waals surface area (Å²) in [6.07, 6.45) is 3.87. The highest BCUT2D eigenvalue weighted by Gasteiger charge is 2.22. The van der Waals surface area contributed by atoms with Crippen molar-refractivity contribution in [2.45, 2.75) is 45.6 Å². The number of carbonyl (C=O) groups is 1. The first-order valence-corrected chi connectivity index (χ1v) is 9.67. The molecule has 0 bridgehead atoms. The van der Waals surface area contributed by atoms with E-state index in [0.717, 1.165) is 25.1 Å². The van der Waals surface area contributed by atoms with Gasteiger partial charge in [0.05, 0.1) is 13.7 Å². The quantitative estimate of drug-likeness (QED) is 0.338. The van der Waals surface area contributed by atoms with Crippen molar-refractivity contribution in [3.8, 4) is 11.5 Å². The molecular weight excluding hydrogens is 471 g/mol. The molecule has 1 heterocycles. The highest BCUT2D eigenvalue weighted by molar-refractivity contribution is 14.0. The van der Waals surface area contributed by atoms with Crippen LogP contribution in [0.4, 0.5) is 5.69 Å². The van der Waals surface area contributed by atoms with E-state index < -0.39 is 0 Å². The summed E-state index contributed by atoms with van der Waals surface area (Å²) in [5, 5.41) is 6.42. The molecule has 2 N–H and O–H groups in total. The number of nitrogens with one attached hydrogen (secondary N) is 2. The van der Waals surface area contributed by atoms with Crippen LogP contribution in [0.5, 0.6) is 11.5 Å². The zero-order valence-corrected chi connectivity index (χ0v) is 19.6. The van der Waals surface area contributed by atoms with E-state index in [9.17, 15) is 4.79 Å². The Morgan fingerprint density at radius 3 is 2.75 bits per heavy atom. The molecule has 0 spiro atoms. The third kappa shape index (κ3) is 7.03. The van der Waals surface area contributed by atoms with Crippen molar-refractivity contribution >= 4 is 41.5 Å². The number of hydrogen-bond acceptors (Lipinski definition) is 4. The maximum absolute atomic E-state index is 12.4. The van der Waals surface area contributed by atoms with Gasteiger partial charge in [0.1, 0.15) is 0 Å². The summed E-state index contributed by atoms with van der Waals surface area (Å²) < 4.78 is 10.9. The number of nitrogens with zero attached hydrogens (tertiary/aromatic N) is 2. The number of piperidine rings is 1. The van der Waals surface area contributed by atoms with Crippen molar-refractivity contribution in [2.24, 2.45) is 4.99 Å². The van der Waals surface area contributed by atoms with Gasteiger partial charge in [0.25, 0.3) is 0 Å². The lowest BCUT2D eigenvalue weighted by Gasteiger charge is -2.33. The first kappa shape index (κ1) is 24.3. The molecule has 1 aromatic rings. The van der Waals surface area contributed by atoms with Gasteiger partial charge in [-0.1, -0.05) is 0 Å². The van der Waals surface area contributed by atoms with Gasteiger partial charge < -0.3 is 25.0 Å². The van der Waals surface area contributed by atoms with E-state index in [1.807, 2.05) is 30.0 Å². The third-order valence-corrected chi connectivity index (χ3v) is 4.70. The summed E-state index contributed by atoms with van der Waals surface area (Å²) in [7, 11) is 3.32. The second-order valence-corrected chi connectivity index (χ2v) is 6.60. The van der Waals surface area contributed by atoms with E-state index in [0.29, 0.717) is 43.1 Å². The Morgan fingerprint density at radius 1 is 1.32 bits per heavy atom. The predicted molar refractivity (Wildman–Crippen MR) is 124 cm³/mol. The van der Waals surface area contributed by atoms with Crippen LogP contribution in [0.25, 0.3) is 0 Å². The van der Waals surface area contributed by atoms with E-state index in [-0.39, 0.29) is 29.9 Å². The topological polar surface area (TPSA) is 75.2 Å². The largest absolute Gasteiger partial charge is 0.493 e. The number of hydrogen-bond donors (Lipinski definition) is 2. The van der Waals surface area contributed by atoms with Crippen LogP contribution in [-0.2, 0) is 4.79 Å². The minimum atomic E-state index is 0. The van der Waals surface area contributed by atoms with Gasteiger partial charge in [-0.15, -0.1) is 24.0 Å². The number of rotatable bonds is 7. The number of likely N-dealkylation sites (tertiary alicyclic amines) is 1. The van der Waals surface area contributed by atoms with Crippen LogP contribution in [0.2, 0.25) is 0 Å². The fourth-order valence-electron chi connectivity index (χ4n) is 3.24. The molecule has 1 amide bonds. The lowest BCUT2D eigenvalue weighted by molar-refractivity contribution is -0.134. The lowest BCUT2D eigenvalue weighted by atomic mass is 10.0. The minimum Gasteiger partial charge on any atom is -0.493 e. The molecule has 1 aliphatic rings. The number of aliphatic imine (C=N–C) groups is 1. The zero-order valence-electron chi connectivity index (χ0n) is 17.3. The van der Waals surface area contributed by atoms with Gasteiger partial charge in [0.15, 0.2) is 17.5 Å². The van der Waals surface area contributed by atoms with Crippen LogP contribution in [0.15, 0.2) is 23.2 Å². The molecule has 1 unspecified atom stereocenters. The van der Waals surface area contributed by atoms with Gasteiger partial charge >= 0.3 is 0 Å². The van der Waals surface area contributed by atoms with Crippen LogP contribution >= 0.6 is 24.0 Å². The van der Waals surface area contributed by atoms with Crippen LogP contribution in [0.3, 0.4) is 0 Å². The van der Waals surface area contributed by atoms with Crippen molar-refractivity contribution < 1.29 is 14.3 Å². The summed E-state index contributed by atoms with van der Waals surface area (Å²) in [5.41, 5.74) is 0.836. The van der Waals surface area contributed by atoms with Gasteiger partial charge in [-0.3, -0.25) is 9.79 Å². The molecular formula is C20H33IN4O3. The number of methoxy groups -OCH3 is 1. The van der Waals surface area contributed by atoms with Gasteiger partial charge in [-0.25, -0.2) is 0 Å². The molecule has 0 aromatic heterocycles. The van der Waals surface area contributed by atoms with Crippen molar-refractivity contribution in [1.82, 2.24) is 10.2 Å². The Balaban J connectivity index is 0.00000392. The van der Waals surface area contributed by atoms with Crippen molar-refractivity contribution in [2.75, 3.05) is 39.2 Å². The molecule has 8 heteroatoms. The molecule has 0 aliphatic carbocycles. The summed E-state index contributed by atoms with van der Waals surface area (Å²) in [4.78, 5) is 18.6. The SMILES string of the molecule is CCOc1cc(NC(=NC)NCCC(=O)N2CCCCC2C)ccc1OC.I. The number of halogens is 1. The van der Waals surface area contributed by atoms with Crippen molar-refractivity contribution in [3.63, 3.8) is 0 Å². The van der Waals surface area contributed by atoms with E-state index in [1.54, 1.807) is 14.2 Å². The number of anilines is 1. The second-order valence-electron chi connectivity index (χ2n) is 6.60. The van der Waals surface area contributed by atoms with Crippen molar-refractivity contribution in [1.29, 1.82) is 0 Å². The summed E-state index contributed by atoms with van der Waals surface area (Å²) in [6, 6.07) is 5.96. The highest BCUT2D eigenvalue weighted by Crippen LogP contribution is 2.30. The normalized spacial score (nSPS) is 16.8. The van der Waals surface area contributed by atoms with Crippen LogP contribution in [0.1, 0.15) is 39.5 Å². The molecule has 0 radical (unpaired) electrons. The first-order valence-electron chi connectivity index (χ1n) is 9.67. The summed E-state index contributed by atoms with van der Waals surface area (Å²) >= 11 is 0. The smallest absolute Gasteiger partial charge is 0.224 e. The van der Waals surface area contributed by atoms with Crippen LogP contribution in [-0.4, -0.2) is 56.7 Å². The van der Waals surface area contributed by atoms with E-state index >= 15 is 0 Å². The molecule has 1 aliphatic heterocycles. The van der Waals surface area contributed by atoms with Gasteiger partial charge in [-0.2, -0.15) is 0 Å². The monoisotopic (exact) mass is 504 g/mol. The Labute approximate surface area is 185 Å². The average Bonchev–Trinajstić information content (AvgIpc) is 2.68. The van der Waals surface area contributed by atoms with E-state index in [2.05, 4.69) is 22.5 Å². The molecule has 0 saturated carbocycles. The molecule has 7 nitrogen and oxygen atoms in total. The number of benzene rings is 1. The molecule has 1 atom stereocenters. The maximum atomic E-state index is 12.4. The van der Waals surface area contributed by atoms with Gasteiger partial charge in [0.2, 0.25) is 5.91 Å². The predicted octanol–water partition coefficient (Wildman–Crippen LogP) is 3.49. The highest BCUT2D eigenvalue weighted by atomic mass is 127. The molecule has 1 fully saturated rings. The molecule has 28 heavy (non-hydrogen) atoms. The maximum Gasteiger partial charge on any atom is 0.224 e. The Bertz CT molecular complexity index is 654. The fourth-order valence-corrected chi connectivity index (χ4v) is 3.24. The second kappa shape index (κ2) is 12.7. The minimum absolute atomic E-state index is 0. The Kier molecular flexibility index (Phi) is 11.0. The molecule has 1 saturated heterocycles. The average molecular weight is 504 g/mol. The summed E-state index contributed by atoms with van der Waals surface area (Å²) in [5.74, 6) is 2.18. The Morgan fingerprint density at radius 2 is 2.11 bits per heavy atom. The first-order chi connectivity index (χ1) is 13.1. The number of guanidine groups is 1. The van der Waals surface area contributed by atoms with Crippen LogP contribution < -0.4 is 20.1 Å². The van der Waals surface area contributed by atoms with Crippen LogP contribution in [0, 0.1) is 0 Å². The van der Waals surface area contributed by atoms with E-state index in [4.69, 9.17) is 9.47 Å². The summed E-state index contributed by atoms with van der Waals surface area (Å²) in [6.45, 7) is 6.03. The third-order valence-electron chi connectivity index (χ3n) is 4.70. The fraction of sp³-hybridized carbons (Fsp3) is 0.600. The Hall–Kier alpha value is -1.71. The molecule has 2 rings (SSSR count). The number of carbonyl (C=O) groups excluding carboxylic acids is 1. The standard InChI is InChI=1S/C20H32N4O3.HI/c1-5-27-18-14-16(9-10-17(18)26-4)23-20(21-3)22-12-11-19(25)24-13-7-6-8-15(24)2;/h9-10,14-15H,5-8,11-13H2,1-4H3,(H2,21,22,23);1H. The number of amides is 1. The zero-order chi connectivity index (χ0) is 19.6. The number of ether oxygens (including phenoxy) is 2. The van der Waals surface area contributed by atoms with Crippen molar-refractivity contribution in [3.05, 3.63) is 18.2 Å². The lowest BCUT2D eigenvalue weighted by Crippen LogP contribution is -2.43. The molecule has 158 valence electrons. The van der Waals surface area contributed by atoms with Gasteiger partial charge in [0, 0.05) is 44.4 Å². The van der Waals surface area contributed by atoms with Gasteiger partial charge in [-0.05, 0) is 45.2 Å².